The van der Waals surface area contributed by atoms with E-state index in [0.717, 1.165) is 22.6 Å². The number of hydrogen-bond donors (Lipinski definition) is 0. The van der Waals surface area contributed by atoms with Gasteiger partial charge in [-0.25, -0.2) is 0 Å². The van der Waals surface area contributed by atoms with Gasteiger partial charge in [0.1, 0.15) is 11.5 Å². The first-order chi connectivity index (χ1) is 12.3. The Morgan fingerprint density at radius 1 is 0.680 bits per heavy atom. The summed E-state index contributed by atoms with van der Waals surface area (Å²) in [6.07, 6.45) is 0. The Bertz CT molecular complexity index is 979. The predicted octanol–water partition coefficient (Wildman–Crippen LogP) is 6.76. The lowest BCUT2D eigenvalue weighted by Gasteiger charge is -2.13. The van der Waals surface area contributed by atoms with Crippen molar-refractivity contribution >= 4 is 31.5 Å². The zero-order chi connectivity index (χ0) is 17.8. The number of thiophene rings is 1. The standard InChI is InChI=1S/C20H16O2S.C2H6/c1-21-16-10-6-11-17(22-2)19(16)15-9-5-8-14-13-7-3-4-12-18(13)23-20(14)15;1-2/h3-12H,1-2H3;1-2H3. The minimum absolute atomic E-state index is 0.828. The van der Waals surface area contributed by atoms with Gasteiger partial charge in [0.2, 0.25) is 0 Å². The first-order valence-corrected chi connectivity index (χ1v) is 9.26. The smallest absolute Gasteiger partial charge is 0.130 e. The van der Waals surface area contributed by atoms with Crippen molar-refractivity contribution in [3.63, 3.8) is 0 Å². The summed E-state index contributed by atoms with van der Waals surface area (Å²) in [4.78, 5) is 0. The van der Waals surface area contributed by atoms with E-state index in [1.807, 2.05) is 43.4 Å². The fourth-order valence-corrected chi connectivity index (χ4v) is 4.28. The van der Waals surface area contributed by atoms with Gasteiger partial charge in [-0.15, -0.1) is 11.3 Å². The quantitative estimate of drug-likeness (QED) is 0.406. The monoisotopic (exact) mass is 350 g/mol. The molecule has 4 aromatic rings. The summed E-state index contributed by atoms with van der Waals surface area (Å²) in [5.41, 5.74) is 2.16. The fraction of sp³-hybridized carbons (Fsp3) is 0.182. The Labute approximate surface area is 152 Å². The molecule has 0 fully saturated rings. The van der Waals surface area contributed by atoms with Crippen LogP contribution in [0, 0.1) is 0 Å². The summed E-state index contributed by atoms with van der Waals surface area (Å²) in [7, 11) is 3.40. The molecule has 0 bridgehead atoms. The molecule has 1 aromatic heterocycles. The number of hydrogen-bond acceptors (Lipinski definition) is 3. The molecule has 0 spiro atoms. The molecule has 128 valence electrons. The van der Waals surface area contributed by atoms with Crippen molar-refractivity contribution in [2.45, 2.75) is 13.8 Å². The highest BCUT2D eigenvalue weighted by atomic mass is 32.1. The van der Waals surface area contributed by atoms with Crippen LogP contribution >= 0.6 is 11.3 Å². The lowest BCUT2D eigenvalue weighted by atomic mass is 10.0. The van der Waals surface area contributed by atoms with Crippen molar-refractivity contribution in [2.75, 3.05) is 14.2 Å². The van der Waals surface area contributed by atoms with Gasteiger partial charge < -0.3 is 9.47 Å². The molecule has 2 nitrogen and oxygen atoms in total. The Hall–Kier alpha value is -2.52. The SMILES string of the molecule is CC.COc1cccc(OC)c1-c1cccc2c1sc1ccccc12. The number of fused-ring (bicyclic) bond motifs is 3. The molecule has 4 rings (SSSR count). The highest BCUT2D eigenvalue weighted by Crippen LogP contribution is 2.45. The van der Waals surface area contributed by atoms with E-state index < -0.39 is 0 Å². The van der Waals surface area contributed by atoms with Crippen molar-refractivity contribution in [2.24, 2.45) is 0 Å². The van der Waals surface area contributed by atoms with E-state index in [4.69, 9.17) is 9.47 Å². The second-order valence-electron chi connectivity index (χ2n) is 5.32. The summed E-state index contributed by atoms with van der Waals surface area (Å²) < 4.78 is 13.7. The van der Waals surface area contributed by atoms with Crippen LogP contribution in [0.2, 0.25) is 0 Å². The van der Waals surface area contributed by atoms with Crippen LogP contribution in [-0.2, 0) is 0 Å². The van der Waals surface area contributed by atoms with E-state index in [-0.39, 0.29) is 0 Å². The second-order valence-corrected chi connectivity index (χ2v) is 6.37. The van der Waals surface area contributed by atoms with E-state index in [2.05, 4.69) is 42.5 Å². The highest BCUT2D eigenvalue weighted by molar-refractivity contribution is 7.26. The minimum Gasteiger partial charge on any atom is -0.496 e. The molecular formula is C22H22O2S. The van der Waals surface area contributed by atoms with Crippen molar-refractivity contribution in [1.29, 1.82) is 0 Å². The molecule has 0 aliphatic carbocycles. The third-order valence-electron chi connectivity index (χ3n) is 4.10. The lowest BCUT2D eigenvalue weighted by Crippen LogP contribution is -1.92. The molecule has 0 aliphatic heterocycles. The summed E-state index contributed by atoms with van der Waals surface area (Å²) in [6, 6.07) is 20.8. The first kappa shape index (κ1) is 17.3. The third-order valence-corrected chi connectivity index (χ3v) is 5.32. The van der Waals surface area contributed by atoms with Crippen molar-refractivity contribution < 1.29 is 9.47 Å². The Kier molecular flexibility index (Phi) is 5.25. The van der Waals surface area contributed by atoms with Gasteiger partial charge in [0, 0.05) is 25.7 Å². The van der Waals surface area contributed by atoms with Gasteiger partial charge in [-0.1, -0.05) is 56.3 Å². The molecule has 0 aliphatic rings. The highest BCUT2D eigenvalue weighted by Gasteiger charge is 2.17. The largest absolute Gasteiger partial charge is 0.496 e. The molecule has 3 aromatic carbocycles. The number of benzene rings is 3. The summed E-state index contributed by atoms with van der Waals surface area (Å²) in [6.45, 7) is 4.00. The maximum absolute atomic E-state index is 5.59. The molecule has 3 heteroatoms. The normalized spacial score (nSPS) is 10.4. The van der Waals surface area contributed by atoms with Crippen molar-refractivity contribution in [3.8, 4) is 22.6 Å². The molecule has 25 heavy (non-hydrogen) atoms. The number of rotatable bonds is 3. The molecule has 0 radical (unpaired) electrons. The first-order valence-electron chi connectivity index (χ1n) is 8.45. The molecule has 1 heterocycles. The number of ether oxygens (including phenoxy) is 2. The van der Waals surface area contributed by atoms with Crippen molar-refractivity contribution in [3.05, 3.63) is 60.7 Å². The van der Waals surface area contributed by atoms with Crippen LogP contribution in [0.1, 0.15) is 13.8 Å². The summed E-state index contributed by atoms with van der Waals surface area (Å²) in [5.74, 6) is 1.66. The maximum Gasteiger partial charge on any atom is 0.130 e. The van der Waals surface area contributed by atoms with Gasteiger partial charge in [0.25, 0.3) is 0 Å². The molecule has 0 unspecified atom stereocenters. The summed E-state index contributed by atoms with van der Waals surface area (Å²) in [5, 5.41) is 2.57. The lowest BCUT2D eigenvalue weighted by molar-refractivity contribution is 0.397. The molecule has 0 N–H and O–H groups in total. The molecule has 0 amide bonds. The fourth-order valence-electron chi connectivity index (χ4n) is 3.06. The summed E-state index contributed by atoms with van der Waals surface area (Å²) >= 11 is 1.81. The topological polar surface area (TPSA) is 18.5 Å². The predicted molar refractivity (Wildman–Crippen MR) is 109 cm³/mol. The van der Waals surface area contributed by atoms with Gasteiger partial charge in [-0.3, -0.25) is 0 Å². The average Bonchev–Trinajstić information content (AvgIpc) is 3.07. The van der Waals surface area contributed by atoms with Crippen LogP contribution in [-0.4, -0.2) is 14.2 Å². The minimum atomic E-state index is 0.828. The average molecular weight is 350 g/mol. The van der Waals surface area contributed by atoms with E-state index in [1.54, 1.807) is 14.2 Å². The van der Waals surface area contributed by atoms with Gasteiger partial charge in [0.05, 0.1) is 19.8 Å². The van der Waals surface area contributed by atoms with Gasteiger partial charge >= 0.3 is 0 Å². The van der Waals surface area contributed by atoms with E-state index in [9.17, 15) is 0 Å². The van der Waals surface area contributed by atoms with Crippen LogP contribution in [0.4, 0.5) is 0 Å². The maximum atomic E-state index is 5.59. The molecular weight excluding hydrogens is 328 g/mol. The Balaban J connectivity index is 0.000000880. The molecule has 0 saturated heterocycles. The zero-order valence-electron chi connectivity index (χ0n) is 15.0. The molecule has 0 saturated carbocycles. The number of methoxy groups -OCH3 is 2. The van der Waals surface area contributed by atoms with E-state index >= 15 is 0 Å². The zero-order valence-corrected chi connectivity index (χ0v) is 15.8. The van der Waals surface area contributed by atoms with E-state index in [1.165, 1.54) is 20.2 Å². The van der Waals surface area contributed by atoms with Crippen molar-refractivity contribution in [1.82, 2.24) is 0 Å². The molecule has 0 atom stereocenters. The Morgan fingerprint density at radius 2 is 1.28 bits per heavy atom. The van der Waals surface area contributed by atoms with Crippen LogP contribution in [0.3, 0.4) is 0 Å². The van der Waals surface area contributed by atoms with Crippen LogP contribution in [0.15, 0.2) is 60.7 Å². The van der Waals surface area contributed by atoms with Crippen LogP contribution in [0.5, 0.6) is 11.5 Å². The van der Waals surface area contributed by atoms with Crippen LogP contribution in [0.25, 0.3) is 31.3 Å². The van der Waals surface area contributed by atoms with E-state index in [0.29, 0.717) is 0 Å². The third kappa shape index (κ3) is 2.96. The van der Waals surface area contributed by atoms with Gasteiger partial charge in [-0.2, -0.15) is 0 Å². The second kappa shape index (κ2) is 7.58. The van der Waals surface area contributed by atoms with Crippen LogP contribution < -0.4 is 9.47 Å². The Morgan fingerprint density at radius 3 is 1.96 bits per heavy atom. The van der Waals surface area contributed by atoms with Gasteiger partial charge in [-0.05, 0) is 18.2 Å². The van der Waals surface area contributed by atoms with Gasteiger partial charge in [0.15, 0.2) is 0 Å².